The minimum absolute atomic E-state index is 0.0150. The van der Waals surface area contributed by atoms with Crippen LogP contribution in [0.1, 0.15) is 42.2 Å². The van der Waals surface area contributed by atoms with Gasteiger partial charge in [-0.2, -0.15) is 0 Å². The summed E-state index contributed by atoms with van der Waals surface area (Å²) >= 11 is 0. The Hall–Kier alpha value is -2.43. The molecule has 0 aliphatic carbocycles. The lowest BCUT2D eigenvalue weighted by Gasteiger charge is -2.14. The summed E-state index contributed by atoms with van der Waals surface area (Å²) in [5, 5.41) is 0. The average Bonchev–Trinajstić information content (AvgIpc) is 2.46. The summed E-state index contributed by atoms with van der Waals surface area (Å²) < 4.78 is 1.12. The molecule has 0 bridgehead atoms. The molecule has 1 N–H and O–H groups in total. The fraction of sp³-hybridized carbons (Fsp3) is 0.312. The molecule has 0 saturated carbocycles. The van der Waals surface area contributed by atoms with Gasteiger partial charge in [-0.15, -0.1) is 0 Å². The zero-order chi connectivity index (χ0) is 15.4. The molecule has 21 heavy (non-hydrogen) atoms. The Balaban J connectivity index is 2.25. The van der Waals surface area contributed by atoms with Crippen molar-refractivity contribution in [3.05, 3.63) is 68.5 Å². The molecule has 1 aromatic heterocycles. The number of carbonyl (C=O) groups excluding carboxylic acids is 1. The van der Waals surface area contributed by atoms with Gasteiger partial charge in [0.1, 0.15) is 0 Å². The van der Waals surface area contributed by atoms with Crippen LogP contribution in [0.15, 0.2) is 46.1 Å². The lowest BCUT2D eigenvalue weighted by Crippen LogP contribution is -2.39. The number of Topliss-reactive ketones (excluding diaryl/α,β-unsaturated/α-hetero) is 1. The van der Waals surface area contributed by atoms with E-state index < -0.39 is 11.2 Å². The third-order valence-electron chi connectivity index (χ3n) is 3.52. The lowest BCUT2D eigenvalue weighted by atomic mass is 10.1. The van der Waals surface area contributed by atoms with Gasteiger partial charge >= 0.3 is 5.69 Å². The molecule has 0 aliphatic heterocycles. The number of aryl methyl sites for hydroxylation is 1. The van der Waals surface area contributed by atoms with Crippen LogP contribution >= 0.6 is 0 Å². The number of nitrogens with zero attached hydrogens (tertiary/aromatic N) is 1. The minimum atomic E-state index is -0.521. The summed E-state index contributed by atoms with van der Waals surface area (Å²) in [7, 11) is 0. The molecule has 0 spiro atoms. The van der Waals surface area contributed by atoms with Crippen LogP contribution in [0.3, 0.4) is 0 Å². The second kappa shape index (κ2) is 6.35. The number of aromatic nitrogens is 2. The van der Waals surface area contributed by atoms with Crippen molar-refractivity contribution in [2.24, 2.45) is 0 Å². The van der Waals surface area contributed by atoms with Crippen LogP contribution in [-0.2, 0) is 6.42 Å². The number of H-pyrrole nitrogens is 1. The van der Waals surface area contributed by atoms with E-state index in [9.17, 15) is 14.4 Å². The third-order valence-corrected chi connectivity index (χ3v) is 3.52. The predicted molar refractivity (Wildman–Crippen MR) is 80.8 cm³/mol. The highest BCUT2D eigenvalue weighted by Crippen LogP contribution is 2.11. The normalized spacial score (nSPS) is 12.1. The Morgan fingerprint density at radius 1 is 1.24 bits per heavy atom. The Labute approximate surface area is 122 Å². The number of aromatic amines is 1. The van der Waals surface area contributed by atoms with E-state index in [0.717, 1.165) is 16.6 Å². The highest BCUT2D eigenvalue weighted by molar-refractivity contribution is 5.93. The van der Waals surface area contributed by atoms with Crippen molar-refractivity contribution >= 4 is 5.78 Å². The van der Waals surface area contributed by atoms with Crippen LogP contribution in [-0.4, -0.2) is 15.3 Å². The summed E-state index contributed by atoms with van der Waals surface area (Å²) in [5.41, 5.74) is 0.162. The van der Waals surface area contributed by atoms with Crippen molar-refractivity contribution in [1.82, 2.24) is 9.55 Å². The third kappa shape index (κ3) is 3.37. The number of rotatable bonds is 5. The standard InChI is InChI=1S/C16H18N2O3/c1-11(8-9-13-6-4-3-5-7-13)18-15(20)14(12(2)19)10-17-16(18)21/h3-7,10-11H,8-9H2,1-2H3,(H,17,21). The van der Waals surface area contributed by atoms with Crippen molar-refractivity contribution in [3.8, 4) is 0 Å². The van der Waals surface area contributed by atoms with Crippen LogP contribution < -0.4 is 11.2 Å². The summed E-state index contributed by atoms with van der Waals surface area (Å²) in [5.74, 6) is -0.347. The summed E-state index contributed by atoms with van der Waals surface area (Å²) in [6.45, 7) is 3.12. The fourth-order valence-electron chi connectivity index (χ4n) is 2.29. The molecule has 1 unspecified atom stereocenters. The second-order valence-electron chi connectivity index (χ2n) is 5.11. The minimum Gasteiger partial charge on any atom is -0.313 e. The van der Waals surface area contributed by atoms with Crippen molar-refractivity contribution in [1.29, 1.82) is 0 Å². The smallest absolute Gasteiger partial charge is 0.313 e. The SMILES string of the molecule is CC(=O)c1c[nH]c(=O)n(C(C)CCc2ccccc2)c1=O. The molecule has 0 amide bonds. The monoisotopic (exact) mass is 286 g/mol. The first-order valence-electron chi connectivity index (χ1n) is 6.89. The van der Waals surface area contributed by atoms with E-state index in [2.05, 4.69) is 4.98 Å². The first-order chi connectivity index (χ1) is 10.0. The Morgan fingerprint density at radius 2 is 1.90 bits per heavy atom. The van der Waals surface area contributed by atoms with E-state index in [1.165, 1.54) is 13.1 Å². The first-order valence-corrected chi connectivity index (χ1v) is 6.89. The number of carbonyl (C=O) groups is 1. The van der Waals surface area contributed by atoms with Gasteiger partial charge in [0, 0.05) is 12.2 Å². The van der Waals surface area contributed by atoms with Crippen LogP contribution in [0, 0.1) is 0 Å². The molecule has 1 aromatic carbocycles. The molecule has 2 rings (SSSR count). The first kappa shape index (κ1) is 15.0. The van der Waals surface area contributed by atoms with Gasteiger partial charge in [-0.1, -0.05) is 30.3 Å². The van der Waals surface area contributed by atoms with E-state index in [0.29, 0.717) is 6.42 Å². The summed E-state index contributed by atoms with van der Waals surface area (Å²) in [4.78, 5) is 37.9. The largest absolute Gasteiger partial charge is 0.328 e. The van der Waals surface area contributed by atoms with Crippen LogP contribution in [0.2, 0.25) is 0 Å². The molecule has 2 aromatic rings. The van der Waals surface area contributed by atoms with Gasteiger partial charge in [-0.05, 0) is 32.3 Å². The molecule has 0 radical (unpaired) electrons. The van der Waals surface area contributed by atoms with Crippen LogP contribution in [0.25, 0.3) is 0 Å². The summed E-state index contributed by atoms with van der Waals surface area (Å²) in [6, 6.07) is 9.58. The van der Waals surface area contributed by atoms with Crippen molar-refractivity contribution in [2.75, 3.05) is 0 Å². The second-order valence-corrected chi connectivity index (χ2v) is 5.11. The zero-order valence-electron chi connectivity index (χ0n) is 12.1. The quantitative estimate of drug-likeness (QED) is 0.854. The van der Waals surface area contributed by atoms with Gasteiger partial charge < -0.3 is 4.98 Å². The number of hydrogen-bond acceptors (Lipinski definition) is 3. The van der Waals surface area contributed by atoms with E-state index in [4.69, 9.17) is 0 Å². The predicted octanol–water partition coefficient (Wildman–Crippen LogP) is 1.93. The van der Waals surface area contributed by atoms with Gasteiger partial charge in [0.15, 0.2) is 5.78 Å². The summed E-state index contributed by atoms with van der Waals surface area (Å²) in [6.07, 6.45) is 2.60. The maximum atomic E-state index is 12.2. The molecule has 0 aliphatic rings. The van der Waals surface area contributed by atoms with Crippen molar-refractivity contribution < 1.29 is 4.79 Å². The maximum absolute atomic E-state index is 12.2. The van der Waals surface area contributed by atoms with E-state index >= 15 is 0 Å². The Kier molecular flexibility index (Phi) is 4.52. The van der Waals surface area contributed by atoms with Crippen molar-refractivity contribution in [2.45, 2.75) is 32.7 Å². The van der Waals surface area contributed by atoms with Gasteiger partial charge in [0.2, 0.25) is 0 Å². The molecule has 110 valence electrons. The number of benzene rings is 1. The van der Waals surface area contributed by atoms with Gasteiger partial charge in [0.05, 0.1) is 5.56 Å². The topological polar surface area (TPSA) is 71.9 Å². The molecule has 1 atom stereocenters. The highest BCUT2D eigenvalue weighted by atomic mass is 16.2. The number of hydrogen-bond donors (Lipinski definition) is 1. The van der Waals surface area contributed by atoms with Crippen LogP contribution in [0.5, 0.6) is 0 Å². The number of nitrogens with one attached hydrogen (secondary N) is 1. The Morgan fingerprint density at radius 3 is 2.52 bits per heavy atom. The molecular formula is C16H18N2O3. The van der Waals surface area contributed by atoms with E-state index in [1.54, 1.807) is 0 Å². The average molecular weight is 286 g/mol. The molecule has 1 heterocycles. The van der Waals surface area contributed by atoms with Crippen molar-refractivity contribution in [3.63, 3.8) is 0 Å². The fourth-order valence-corrected chi connectivity index (χ4v) is 2.29. The molecule has 0 fully saturated rings. The molecule has 5 heteroatoms. The zero-order valence-corrected chi connectivity index (χ0v) is 12.1. The van der Waals surface area contributed by atoms with E-state index in [1.807, 2.05) is 37.3 Å². The molecular weight excluding hydrogens is 268 g/mol. The Bertz CT molecular complexity index is 744. The van der Waals surface area contributed by atoms with Gasteiger partial charge in [-0.25, -0.2) is 4.79 Å². The van der Waals surface area contributed by atoms with Gasteiger partial charge in [-0.3, -0.25) is 14.2 Å². The molecule has 0 saturated heterocycles. The molecule has 5 nitrogen and oxygen atoms in total. The van der Waals surface area contributed by atoms with E-state index in [-0.39, 0.29) is 17.4 Å². The van der Waals surface area contributed by atoms with Crippen LogP contribution in [0.4, 0.5) is 0 Å². The maximum Gasteiger partial charge on any atom is 0.328 e. The number of ketones is 1. The highest BCUT2D eigenvalue weighted by Gasteiger charge is 2.15. The van der Waals surface area contributed by atoms with Gasteiger partial charge in [0.25, 0.3) is 5.56 Å². The lowest BCUT2D eigenvalue weighted by molar-refractivity contribution is 0.101.